The van der Waals surface area contributed by atoms with E-state index in [-0.39, 0.29) is 0 Å². The van der Waals surface area contributed by atoms with Crippen LogP contribution in [0.2, 0.25) is 0 Å². The SMILES string of the molecule is Brc1cc2ccc1CCc1ccc(c(-n3c4ccccc4c4ccccc43)c1)CC2.c1ccc2c(c1)c1ccccc1n2-c1cc2ccc1CCc1ccc(c(-n3cncn3)c1)CC2.c1nc[nH]n1. The van der Waals surface area contributed by atoms with Crippen molar-refractivity contribution in [2.45, 2.75) is 51.4 Å². The molecule has 0 saturated heterocycles. The third-order valence-electron chi connectivity index (χ3n) is 13.9. The monoisotopic (exact) mass is 960 g/mol. The van der Waals surface area contributed by atoms with Crippen LogP contribution in [-0.2, 0) is 51.4 Å². The highest BCUT2D eigenvalue weighted by Crippen LogP contribution is 2.36. The van der Waals surface area contributed by atoms with Gasteiger partial charge < -0.3 is 9.13 Å². The molecule has 8 aromatic carbocycles. The van der Waals surface area contributed by atoms with Crippen molar-refractivity contribution in [3.8, 4) is 17.1 Å². The summed E-state index contributed by atoms with van der Waals surface area (Å²) in [6.07, 6.45) is 14.4. The van der Waals surface area contributed by atoms with Gasteiger partial charge in [0.05, 0.1) is 27.8 Å². The molecule has 0 spiro atoms. The summed E-state index contributed by atoms with van der Waals surface area (Å²) in [4.78, 5) is 7.72. The molecule has 8 aliphatic carbocycles. The van der Waals surface area contributed by atoms with Gasteiger partial charge >= 0.3 is 0 Å². The minimum absolute atomic E-state index is 0.960. The fourth-order valence-electron chi connectivity index (χ4n) is 10.5. The summed E-state index contributed by atoms with van der Waals surface area (Å²) >= 11 is 3.78. The third-order valence-corrected chi connectivity index (χ3v) is 14.7. The van der Waals surface area contributed by atoms with Crippen LogP contribution in [0.1, 0.15) is 44.5 Å². The van der Waals surface area contributed by atoms with Crippen LogP contribution >= 0.6 is 15.9 Å². The average Bonchev–Trinajstić information content (AvgIpc) is 4.24. The summed E-state index contributed by atoms with van der Waals surface area (Å²) in [6.45, 7) is 0. The van der Waals surface area contributed by atoms with Gasteiger partial charge in [-0.15, -0.1) is 0 Å². The third kappa shape index (κ3) is 8.33. The van der Waals surface area contributed by atoms with E-state index >= 15 is 0 Å². The molecule has 4 aromatic heterocycles. The van der Waals surface area contributed by atoms with E-state index in [1.165, 1.54) is 117 Å². The summed E-state index contributed by atoms with van der Waals surface area (Å²) in [5.41, 5.74) is 19.8. The Morgan fingerprint density at radius 3 is 1.19 bits per heavy atom. The van der Waals surface area contributed by atoms with Crippen molar-refractivity contribution >= 4 is 59.5 Å². The number of rotatable bonds is 3. The van der Waals surface area contributed by atoms with Gasteiger partial charge in [-0.25, -0.2) is 14.6 Å². The smallest absolute Gasteiger partial charge is 0.138 e. The van der Waals surface area contributed by atoms with Crippen molar-refractivity contribution in [2.24, 2.45) is 0 Å². The van der Waals surface area contributed by atoms with Crippen LogP contribution in [0.3, 0.4) is 0 Å². The lowest BCUT2D eigenvalue weighted by atomic mass is 9.94. The molecule has 0 fully saturated rings. The molecule has 0 radical (unpaired) electrons. The number of hydrogen-bond acceptors (Lipinski definition) is 4. The fraction of sp³-hybridized carbons (Fsp3) is 0.133. The van der Waals surface area contributed by atoms with Gasteiger partial charge in [-0.2, -0.15) is 10.2 Å². The molecule has 0 amide bonds. The lowest BCUT2D eigenvalue weighted by molar-refractivity contribution is 0.835. The van der Waals surface area contributed by atoms with Crippen LogP contribution in [0.15, 0.2) is 200 Å². The normalized spacial score (nSPS) is 13.1. The second-order valence-electron chi connectivity index (χ2n) is 18.0. The molecule has 12 aromatic rings. The van der Waals surface area contributed by atoms with E-state index in [4.69, 9.17) is 0 Å². The largest absolute Gasteiger partial charge is 0.309 e. The number of nitrogens with zero attached hydrogens (tertiary/aromatic N) is 7. The number of benzene rings is 8. The number of aromatic amines is 1. The zero-order chi connectivity index (χ0) is 46.1. The number of aromatic nitrogens is 8. The van der Waals surface area contributed by atoms with E-state index in [1.807, 2.05) is 4.68 Å². The van der Waals surface area contributed by atoms with E-state index in [1.54, 1.807) is 12.7 Å². The molecular formula is C60H49BrN8. The first-order valence-electron chi connectivity index (χ1n) is 23.9. The Labute approximate surface area is 409 Å². The molecule has 8 aliphatic rings. The Kier molecular flexibility index (Phi) is 11.5. The van der Waals surface area contributed by atoms with Gasteiger partial charge in [0.1, 0.15) is 25.3 Å². The number of H-pyrrole nitrogens is 1. The van der Waals surface area contributed by atoms with Gasteiger partial charge in [-0.3, -0.25) is 5.10 Å². The van der Waals surface area contributed by atoms with Crippen molar-refractivity contribution < 1.29 is 0 Å². The first-order valence-corrected chi connectivity index (χ1v) is 24.7. The molecule has 4 heterocycles. The summed E-state index contributed by atoms with van der Waals surface area (Å²) in [5, 5.41) is 15.7. The zero-order valence-corrected chi connectivity index (χ0v) is 39.7. The Morgan fingerprint density at radius 1 is 0.391 bits per heavy atom. The molecule has 0 unspecified atom stereocenters. The molecule has 0 aliphatic heterocycles. The number of aryl methyl sites for hydroxylation is 8. The van der Waals surface area contributed by atoms with Crippen LogP contribution in [0.5, 0.6) is 0 Å². The van der Waals surface area contributed by atoms with Gasteiger partial charge in [-0.1, -0.05) is 137 Å². The summed E-state index contributed by atoms with van der Waals surface area (Å²) < 4.78 is 8.10. The maximum atomic E-state index is 4.41. The maximum Gasteiger partial charge on any atom is 0.138 e. The highest BCUT2D eigenvalue weighted by Gasteiger charge is 2.19. The molecule has 9 heteroatoms. The van der Waals surface area contributed by atoms with Crippen molar-refractivity contribution in [3.05, 3.63) is 244 Å². The number of fused-ring (bicyclic) bond motifs is 6. The first kappa shape index (κ1) is 42.5. The number of nitrogens with one attached hydrogen (secondary N) is 1. The van der Waals surface area contributed by atoms with Crippen LogP contribution in [0.4, 0.5) is 0 Å². The zero-order valence-electron chi connectivity index (χ0n) is 38.1. The van der Waals surface area contributed by atoms with Crippen molar-refractivity contribution in [3.63, 3.8) is 0 Å². The quantitative estimate of drug-likeness (QED) is 0.191. The van der Waals surface area contributed by atoms with Crippen molar-refractivity contribution in [1.29, 1.82) is 0 Å². The highest BCUT2D eigenvalue weighted by molar-refractivity contribution is 9.10. The standard InChI is InChI=1S/C30H24N4.C28H22BrN.C2H3N3/c1-3-7-27-25(5-1)26-6-2-4-8-28(26)34(27)30-18-22-10-14-23-13-9-21(11-15-24(30)16-12-22)17-29(23)33-20-31-19-32-33;29-25-17-19-9-13-21(25)14-10-20-12-16-22(15-11-19)28(18-20)30-26-7-3-1-5-23(26)24-6-2-4-8-27(24)30;1-3-2-5-4-1/h1-9,12-13,16-20H,10-11,14-15H2;1-9,12-13,16-18H,10-11,14-15H2;1-2H,(H,3,4,5). The van der Waals surface area contributed by atoms with Gasteiger partial charge in [0.25, 0.3) is 0 Å². The Morgan fingerprint density at radius 2 is 0.797 bits per heavy atom. The van der Waals surface area contributed by atoms with Gasteiger partial charge in [0.2, 0.25) is 0 Å². The Hall–Kier alpha value is -7.88. The second-order valence-corrected chi connectivity index (χ2v) is 18.9. The Bertz CT molecular complexity index is 3650. The summed E-state index contributed by atoms with van der Waals surface area (Å²) in [5.74, 6) is 0. The average molecular weight is 962 g/mol. The molecule has 8 bridgehead atoms. The lowest BCUT2D eigenvalue weighted by Crippen LogP contribution is -2.07. The van der Waals surface area contributed by atoms with Gasteiger partial charge in [0.15, 0.2) is 0 Å². The lowest BCUT2D eigenvalue weighted by Gasteiger charge is -2.18. The molecule has 0 atom stereocenters. The van der Waals surface area contributed by atoms with Crippen molar-refractivity contribution in [1.82, 2.24) is 39.1 Å². The first-order chi connectivity index (χ1) is 34.1. The van der Waals surface area contributed by atoms with Crippen LogP contribution in [-0.4, -0.2) is 39.1 Å². The van der Waals surface area contributed by atoms with E-state index in [0.717, 1.165) is 57.1 Å². The maximum absolute atomic E-state index is 4.41. The molecule has 20 rings (SSSR count). The van der Waals surface area contributed by atoms with E-state index < -0.39 is 0 Å². The Balaban J connectivity index is 0.000000130. The summed E-state index contributed by atoms with van der Waals surface area (Å²) in [6, 6.07) is 63.1. The van der Waals surface area contributed by atoms with Crippen LogP contribution in [0.25, 0.3) is 60.7 Å². The van der Waals surface area contributed by atoms with E-state index in [9.17, 15) is 0 Å². The van der Waals surface area contributed by atoms with Crippen LogP contribution < -0.4 is 0 Å². The van der Waals surface area contributed by atoms with E-state index in [0.29, 0.717) is 0 Å². The number of para-hydroxylation sites is 4. The van der Waals surface area contributed by atoms with Gasteiger partial charge in [-0.05, 0) is 144 Å². The molecule has 8 nitrogen and oxygen atoms in total. The topological polar surface area (TPSA) is 82.1 Å². The molecule has 336 valence electrons. The van der Waals surface area contributed by atoms with Gasteiger partial charge in [0, 0.05) is 37.4 Å². The minimum atomic E-state index is 0.960. The highest BCUT2D eigenvalue weighted by atomic mass is 79.9. The van der Waals surface area contributed by atoms with Crippen molar-refractivity contribution in [2.75, 3.05) is 0 Å². The minimum Gasteiger partial charge on any atom is -0.309 e. The molecular weight excluding hydrogens is 913 g/mol. The number of hydrogen-bond donors (Lipinski definition) is 1. The fourth-order valence-corrected chi connectivity index (χ4v) is 11.1. The molecule has 0 saturated carbocycles. The predicted molar refractivity (Wildman–Crippen MR) is 283 cm³/mol. The van der Waals surface area contributed by atoms with E-state index in [2.05, 4.69) is 220 Å². The molecule has 1 N–H and O–H groups in total. The number of halogens is 1. The summed E-state index contributed by atoms with van der Waals surface area (Å²) in [7, 11) is 0. The van der Waals surface area contributed by atoms with Crippen LogP contribution in [0, 0.1) is 0 Å². The predicted octanol–water partition coefficient (Wildman–Crippen LogP) is 13.5. The second kappa shape index (κ2) is 18.7. The molecule has 69 heavy (non-hydrogen) atoms.